The Kier molecular flexibility index (Phi) is 38.5. The Morgan fingerprint density at radius 2 is 0.567 bits per heavy atom. The van der Waals surface area contributed by atoms with Crippen LogP contribution >= 0.6 is 0 Å². The summed E-state index contributed by atoms with van der Waals surface area (Å²) in [6.07, 6.45) is 36.6. The number of carbonyl (C=O) groups excluding carboxylic acids is 6. The molecule has 0 fully saturated rings. The molecule has 2 unspecified atom stereocenters. The highest BCUT2D eigenvalue weighted by molar-refractivity contribution is 6.28. The Labute approximate surface area is 371 Å². The highest BCUT2D eigenvalue weighted by Crippen LogP contribution is 2.49. The van der Waals surface area contributed by atoms with E-state index in [1.54, 1.807) is 0 Å². The summed E-state index contributed by atoms with van der Waals surface area (Å²) in [7, 11) is 0. The van der Waals surface area contributed by atoms with Crippen molar-refractivity contribution in [2.45, 2.75) is 298 Å². The van der Waals surface area contributed by atoms with Crippen molar-refractivity contribution >= 4 is 35.2 Å². The number of Topliss-reactive ketones (excluding diaryl/α,β-unsaturated/α-hetero) is 5. The number of unbranched alkanes of at least 4 members (excludes halogenated alkanes) is 28. The molecule has 6 heteroatoms. The van der Waals surface area contributed by atoms with Crippen LogP contribution in [0.3, 0.4) is 0 Å². The van der Waals surface area contributed by atoms with Gasteiger partial charge in [-0.2, -0.15) is 0 Å². The summed E-state index contributed by atoms with van der Waals surface area (Å²) in [6.45, 7) is 10.5. The van der Waals surface area contributed by atoms with Gasteiger partial charge in [-0.15, -0.1) is 0 Å². The minimum absolute atomic E-state index is 0.0437. The lowest BCUT2D eigenvalue weighted by Gasteiger charge is -2.44. The van der Waals surface area contributed by atoms with E-state index in [4.69, 9.17) is 0 Å². The van der Waals surface area contributed by atoms with Crippen molar-refractivity contribution in [3.05, 3.63) is 0 Å². The van der Waals surface area contributed by atoms with Gasteiger partial charge in [0.05, 0.1) is 0 Å². The third kappa shape index (κ3) is 24.0. The molecule has 0 radical (unpaired) electrons. The fraction of sp³-hybridized carbons (Fsp3) is 0.889. The van der Waals surface area contributed by atoms with E-state index in [9.17, 15) is 28.8 Å². The second kappa shape index (κ2) is 39.8. The molecule has 0 rings (SSSR count). The standard InChI is InChI=1S/C54H98O6/c1-6-11-15-18-20-22-26-30-35-41-48(56)42-36-31-27-23-21-24-28-33-39-46-53(49(57)40-10-5,50(58)43-34-14-9-4)54(47-55,51(59)44-37-29-17-13-8-3)52(60)45-38-32-25-19-16-12-7-2/h47H,6-46H2,1-5H3. The van der Waals surface area contributed by atoms with E-state index in [0.717, 1.165) is 135 Å². The van der Waals surface area contributed by atoms with Crippen molar-refractivity contribution in [2.75, 3.05) is 0 Å². The number of ketones is 5. The molecule has 0 amide bonds. The molecule has 0 heterocycles. The van der Waals surface area contributed by atoms with Crippen LogP contribution in [0.4, 0.5) is 0 Å². The minimum atomic E-state index is -2.25. The molecule has 0 bridgehead atoms. The van der Waals surface area contributed by atoms with Gasteiger partial charge in [-0.1, -0.05) is 214 Å². The molecule has 6 nitrogen and oxygen atoms in total. The highest BCUT2D eigenvalue weighted by Gasteiger charge is 2.66. The monoisotopic (exact) mass is 843 g/mol. The number of aldehydes is 1. The Balaban J connectivity index is 5.61. The van der Waals surface area contributed by atoms with Gasteiger partial charge in [-0.25, -0.2) is 0 Å². The third-order valence-corrected chi connectivity index (χ3v) is 13.2. The number of carbonyl (C=O) groups is 6. The summed E-state index contributed by atoms with van der Waals surface area (Å²) in [6, 6.07) is 0. The zero-order valence-corrected chi connectivity index (χ0v) is 40.5. The summed E-state index contributed by atoms with van der Waals surface area (Å²) >= 11 is 0. The topological polar surface area (TPSA) is 102 Å². The van der Waals surface area contributed by atoms with Gasteiger partial charge < -0.3 is 4.79 Å². The van der Waals surface area contributed by atoms with Gasteiger partial charge in [0.1, 0.15) is 29.1 Å². The van der Waals surface area contributed by atoms with Crippen molar-refractivity contribution in [3.8, 4) is 0 Å². The van der Waals surface area contributed by atoms with Crippen molar-refractivity contribution in [2.24, 2.45) is 10.8 Å². The molecule has 60 heavy (non-hydrogen) atoms. The average Bonchev–Trinajstić information content (AvgIpc) is 3.24. The molecule has 0 aliphatic rings. The Hall–Kier alpha value is -1.98. The Morgan fingerprint density at radius 1 is 0.300 bits per heavy atom. The summed E-state index contributed by atoms with van der Waals surface area (Å²) in [5.41, 5.74) is -4.17. The van der Waals surface area contributed by atoms with Crippen LogP contribution in [-0.4, -0.2) is 35.2 Å². The molecule has 2 atom stereocenters. The predicted molar refractivity (Wildman–Crippen MR) is 254 cm³/mol. The zero-order chi connectivity index (χ0) is 44.6. The second-order valence-electron chi connectivity index (χ2n) is 18.6. The van der Waals surface area contributed by atoms with E-state index >= 15 is 0 Å². The molecular weight excluding hydrogens is 745 g/mol. The van der Waals surface area contributed by atoms with Crippen LogP contribution in [0.25, 0.3) is 0 Å². The molecule has 0 aromatic carbocycles. The van der Waals surface area contributed by atoms with Gasteiger partial charge in [0, 0.05) is 38.5 Å². The zero-order valence-electron chi connectivity index (χ0n) is 40.5. The van der Waals surface area contributed by atoms with E-state index in [1.807, 2.05) is 6.92 Å². The summed E-state index contributed by atoms with van der Waals surface area (Å²) in [5, 5.41) is 0. The predicted octanol–water partition coefficient (Wildman–Crippen LogP) is 16.1. The summed E-state index contributed by atoms with van der Waals surface area (Å²) in [4.78, 5) is 84.7. The van der Waals surface area contributed by atoms with E-state index in [-0.39, 0.29) is 43.7 Å². The van der Waals surface area contributed by atoms with Crippen molar-refractivity contribution in [3.63, 3.8) is 0 Å². The second-order valence-corrected chi connectivity index (χ2v) is 18.6. The first-order chi connectivity index (χ1) is 29.2. The van der Waals surface area contributed by atoms with E-state index in [1.165, 1.54) is 57.8 Å². The molecule has 0 aliphatic carbocycles. The van der Waals surface area contributed by atoms with Gasteiger partial charge >= 0.3 is 0 Å². The maximum absolute atomic E-state index is 14.7. The van der Waals surface area contributed by atoms with Gasteiger partial charge in [0.2, 0.25) is 0 Å². The average molecular weight is 843 g/mol. The fourth-order valence-corrected chi connectivity index (χ4v) is 9.36. The third-order valence-electron chi connectivity index (χ3n) is 13.2. The first-order valence-electron chi connectivity index (χ1n) is 26.3. The van der Waals surface area contributed by atoms with Crippen molar-refractivity contribution in [1.82, 2.24) is 0 Å². The van der Waals surface area contributed by atoms with Crippen LogP contribution in [0.2, 0.25) is 0 Å². The largest absolute Gasteiger partial charge is 0.302 e. The maximum Gasteiger partial charge on any atom is 0.162 e. The maximum atomic E-state index is 14.7. The van der Waals surface area contributed by atoms with Gasteiger partial charge in [-0.05, 0) is 44.9 Å². The van der Waals surface area contributed by atoms with Crippen LogP contribution in [-0.2, 0) is 28.8 Å². The van der Waals surface area contributed by atoms with Crippen LogP contribution in [0.5, 0.6) is 0 Å². The quantitative estimate of drug-likeness (QED) is 0.0343. The Bertz CT molecular complexity index is 1110. The number of hydrogen-bond acceptors (Lipinski definition) is 6. The summed E-state index contributed by atoms with van der Waals surface area (Å²) in [5.74, 6) is -1.32. The van der Waals surface area contributed by atoms with E-state index in [0.29, 0.717) is 50.6 Å². The molecule has 350 valence electrons. The normalized spacial score (nSPS) is 13.5. The minimum Gasteiger partial charge on any atom is -0.302 e. The lowest BCUT2D eigenvalue weighted by Crippen LogP contribution is -2.62. The molecule has 0 aromatic heterocycles. The molecule has 0 aliphatic heterocycles. The van der Waals surface area contributed by atoms with Crippen LogP contribution in [0.15, 0.2) is 0 Å². The first-order valence-corrected chi connectivity index (χ1v) is 26.3. The van der Waals surface area contributed by atoms with E-state index < -0.39 is 22.4 Å². The highest BCUT2D eigenvalue weighted by atomic mass is 16.2. The van der Waals surface area contributed by atoms with Crippen LogP contribution in [0, 0.1) is 10.8 Å². The van der Waals surface area contributed by atoms with Gasteiger partial charge in [0.25, 0.3) is 0 Å². The van der Waals surface area contributed by atoms with Gasteiger partial charge in [0.15, 0.2) is 17.0 Å². The molecule has 0 spiro atoms. The smallest absolute Gasteiger partial charge is 0.162 e. The number of hydrogen-bond donors (Lipinski definition) is 0. The van der Waals surface area contributed by atoms with Gasteiger partial charge in [-0.3, -0.25) is 24.0 Å². The SMILES string of the molecule is CCCCCCCCCCCC(=O)CCCCCCCCCCCC(C(=O)CCC)(C(=O)CCCCC)C(C=O)(C(=O)CCCCCCC)C(=O)CCCCCCCCC. The fourth-order valence-electron chi connectivity index (χ4n) is 9.36. The Morgan fingerprint density at radius 3 is 0.917 bits per heavy atom. The van der Waals surface area contributed by atoms with Crippen molar-refractivity contribution in [1.29, 1.82) is 0 Å². The first kappa shape index (κ1) is 58.0. The lowest BCUT2D eigenvalue weighted by molar-refractivity contribution is -0.168. The van der Waals surface area contributed by atoms with Crippen LogP contribution < -0.4 is 0 Å². The van der Waals surface area contributed by atoms with Crippen LogP contribution in [0.1, 0.15) is 298 Å². The molecular formula is C54H98O6. The molecule has 0 N–H and O–H groups in total. The summed E-state index contributed by atoms with van der Waals surface area (Å²) < 4.78 is 0. The number of rotatable bonds is 48. The van der Waals surface area contributed by atoms with Crippen molar-refractivity contribution < 1.29 is 28.8 Å². The lowest BCUT2D eigenvalue weighted by atomic mass is 9.51. The molecule has 0 aromatic rings. The van der Waals surface area contributed by atoms with E-state index in [2.05, 4.69) is 27.7 Å². The molecule has 0 saturated carbocycles. The molecule has 0 saturated heterocycles.